The number of halogens is 2. The average Bonchev–Trinajstić information content (AvgIpc) is 3.09. The second kappa shape index (κ2) is 5.16. The number of rotatable bonds is 4. The second-order valence-electron chi connectivity index (χ2n) is 4.20. The normalized spacial score (nSPS) is 21.4. The molecule has 2 rings (SSSR count). The summed E-state index contributed by atoms with van der Waals surface area (Å²) in [4.78, 5) is 22.0. The fourth-order valence-corrected chi connectivity index (χ4v) is 2.38. The van der Waals surface area contributed by atoms with Crippen LogP contribution in [0.4, 0.5) is 0 Å². The van der Waals surface area contributed by atoms with E-state index in [0.717, 1.165) is 5.56 Å². The predicted molar refractivity (Wildman–Crippen MR) is 68.0 cm³/mol. The molecule has 0 aromatic heterocycles. The van der Waals surface area contributed by atoms with Gasteiger partial charge >= 0.3 is 5.97 Å². The van der Waals surface area contributed by atoms with Crippen LogP contribution in [0.5, 0.6) is 0 Å². The number of hydrogen-bond donors (Lipinski definition) is 2. The van der Waals surface area contributed by atoms with Gasteiger partial charge in [0.15, 0.2) is 0 Å². The number of nitrogens with one attached hydrogen (secondary N) is 1. The number of aliphatic carboxylic acids is 1. The van der Waals surface area contributed by atoms with Crippen LogP contribution in [0.15, 0.2) is 18.2 Å². The summed E-state index contributed by atoms with van der Waals surface area (Å²) in [6.45, 7) is -0.356. The molecule has 6 heteroatoms. The number of benzene rings is 1. The molecule has 2 N–H and O–H groups in total. The summed E-state index contributed by atoms with van der Waals surface area (Å²) in [5.74, 6) is -1.48. The number of carbonyl (C=O) groups excluding carboxylic acids is 1. The first-order valence-corrected chi connectivity index (χ1v) is 6.19. The lowest BCUT2D eigenvalue weighted by molar-refractivity contribution is -0.138. The highest BCUT2D eigenvalue weighted by molar-refractivity contribution is 6.42. The number of amides is 1. The molecule has 1 saturated carbocycles. The van der Waals surface area contributed by atoms with E-state index in [1.165, 1.54) is 0 Å². The zero-order valence-corrected chi connectivity index (χ0v) is 10.8. The van der Waals surface area contributed by atoms with Crippen LogP contribution in [0.25, 0.3) is 0 Å². The van der Waals surface area contributed by atoms with E-state index in [4.69, 9.17) is 28.3 Å². The van der Waals surface area contributed by atoms with E-state index < -0.39 is 5.97 Å². The van der Waals surface area contributed by atoms with E-state index in [1.807, 2.05) is 6.07 Å². The van der Waals surface area contributed by atoms with E-state index >= 15 is 0 Å². The third-order valence-corrected chi connectivity index (χ3v) is 3.76. The Morgan fingerprint density at radius 2 is 2.11 bits per heavy atom. The number of carboxylic acids is 1. The van der Waals surface area contributed by atoms with Crippen LogP contribution in [0, 0.1) is 5.92 Å². The summed E-state index contributed by atoms with van der Waals surface area (Å²) in [6, 6.07) is 5.31. The Balaban J connectivity index is 2.00. The first-order chi connectivity index (χ1) is 8.50. The minimum atomic E-state index is -1.05. The van der Waals surface area contributed by atoms with Gasteiger partial charge in [-0.2, -0.15) is 0 Å². The summed E-state index contributed by atoms with van der Waals surface area (Å²) in [5, 5.41) is 11.8. The second-order valence-corrected chi connectivity index (χ2v) is 4.99. The monoisotopic (exact) mass is 287 g/mol. The third-order valence-electron chi connectivity index (χ3n) is 2.92. The zero-order valence-electron chi connectivity index (χ0n) is 9.32. The molecule has 1 amide bonds. The molecule has 0 aliphatic heterocycles. The van der Waals surface area contributed by atoms with Crippen molar-refractivity contribution in [1.82, 2.24) is 5.32 Å². The number of hydrogen-bond acceptors (Lipinski definition) is 2. The van der Waals surface area contributed by atoms with Gasteiger partial charge in [-0.3, -0.25) is 9.59 Å². The molecule has 0 unspecified atom stereocenters. The Morgan fingerprint density at radius 1 is 1.39 bits per heavy atom. The molecular weight excluding hydrogens is 277 g/mol. The smallest absolute Gasteiger partial charge is 0.322 e. The Hall–Kier alpha value is -1.26. The molecule has 0 spiro atoms. The molecule has 1 aromatic carbocycles. The highest BCUT2D eigenvalue weighted by Crippen LogP contribution is 2.50. The van der Waals surface area contributed by atoms with E-state index in [2.05, 4.69) is 5.32 Å². The zero-order chi connectivity index (χ0) is 13.3. The lowest BCUT2D eigenvalue weighted by atomic mass is 10.1. The highest BCUT2D eigenvalue weighted by atomic mass is 35.5. The van der Waals surface area contributed by atoms with Crippen LogP contribution in [0.3, 0.4) is 0 Å². The molecule has 1 aromatic rings. The molecule has 2 atom stereocenters. The Labute approximate surface area is 114 Å². The Kier molecular flexibility index (Phi) is 3.78. The highest BCUT2D eigenvalue weighted by Gasteiger charge is 2.45. The maximum atomic E-state index is 11.6. The van der Waals surface area contributed by atoms with E-state index in [1.54, 1.807) is 12.1 Å². The first-order valence-electron chi connectivity index (χ1n) is 5.44. The summed E-state index contributed by atoms with van der Waals surface area (Å²) < 4.78 is 0. The van der Waals surface area contributed by atoms with Crippen molar-refractivity contribution in [3.8, 4) is 0 Å². The summed E-state index contributed by atoms with van der Waals surface area (Å²) >= 11 is 12.0. The summed E-state index contributed by atoms with van der Waals surface area (Å²) in [5.41, 5.74) is 0.847. The lowest BCUT2D eigenvalue weighted by Crippen LogP contribution is -2.30. The average molecular weight is 288 g/mol. The molecule has 0 heterocycles. The van der Waals surface area contributed by atoms with Gasteiger partial charge in [-0.25, -0.2) is 0 Å². The quantitative estimate of drug-likeness (QED) is 0.893. The first kappa shape index (κ1) is 13.2. The van der Waals surface area contributed by atoms with Crippen molar-refractivity contribution in [3.05, 3.63) is 33.8 Å². The van der Waals surface area contributed by atoms with Gasteiger partial charge in [0, 0.05) is 5.92 Å². The summed E-state index contributed by atoms with van der Waals surface area (Å²) in [7, 11) is 0. The van der Waals surface area contributed by atoms with E-state index in [0.29, 0.717) is 16.5 Å². The van der Waals surface area contributed by atoms with Gasteiger partial charge in [0.05, 0.1) is 10.0 Å². The molecule has 1 fully saturated rings. The largest absolute Gasteiger partial charge is 0.480 e. The van der Waals surface area contributed by atoms with Crippen molar-refractivity contribution in [2.75, 3.05) is 6.54 Å². The van der Waals surface area contributed by atoms with Crippen LogP contribution in [0.1, 0.15) is 17.9 Å². The van der Waals surface area contributed by atoms with Crippen molar-refractivity contribution in [2.45, 2.75) is 12.3 Å². The molecule has 0 saturated heterocycles. The molecule has 1 aliphatic carbocycles. The topological polar surface area (TPSA) is 66.4 Å². The van der Waals surface area contributed by atoms with Gasteiger partial charge in [-0.05, 0) is 24.0 Å². The van der Waals surface area contributed by atoms with Crippen molar-refractivity contribution >= 4 is 35.1 Å². The maximum absolute atomic E-state index is 11.6. The van der Waals surface area contributed by atoms with E-state index in [-0.39, 0.29) is 24.3 Å². The van der Waals surface area contributed by atoms with Gasteiger partial charge in [0.25, 0.3) is 0 Å². The van der Waals surface area contributed by atoms with Crippen molar-refractivity contribution < 1.29 is 14.7 Å². The SMILES string of the molecule is O=C(O)CNC(=O)[C@H]1C[C@@H]1c1cccc(Cl)c1Cl. The summed E-state index contributed by atoms with van der Waals surface area (Å²) in [6.07, 6.45) is 0.672. The Bertz CT molecular complexity index is 504. The van der Waals surface area contributed by atoms with E-state index in [9.17, 15) is 9.59 Å². The molecule has 96 valence electrons. The standard InChI is InChI=1S/C12H11Cl2NO3/c13-9-3-1-2-6(11(9)14)7-4-8(7)12(18)15-5-10(16)17/h1-3,7-8H,4-5H2,(H,15,18)(H,16,17)/t7-,8+/m1/s1. The van der Waals surface area contributed by atoms with Crippen LogP contribution in [-0.2, 0) is 9.59 Å². The molecular formula is C12H11Cl2NO3. The molecule has 0 radical (unpaired) electrons. The van der Waals surface area contributed by atoms with Crippen molar-refractivity contribution in [3.63, 3.8) is 0 Å². The third kappa shape index (κ3) is 2.76. The fourth-order valence-electron chi connectivity index (χ4n) is 1.93. The van der Waals surface area contributed by atoms with Gasteiger partial charge < -0.3 is 10.4 Å². The fraction of sp³-hybridized carbons (Fsp3) is 0.333. The molecule has 0 bridgehead atoms. The minimum Gasteiger partial charge on any atom is -0.480 e. The molecule has 4 nitrogen and oxygen atoms in total. The predicted octanol–water partition coefficient (Wildman–Crippen LogP) is 2.30. The van der Waals surface area contributed by atoms with Gasteiger partial charge in [-0.1, -0.05) is 35.3 Å². The Morgan fingerprint density at radius 3 is 2.78 bits per heavy atom. The van der Waals surface area contributed by atoms with Crippen LogP contribution < -0.4 is 5.32 Å². The lowest BCUT2D eigenvalue weighted by Gasteiger charge is -2.05. The minimum absolute atomic E-state index is 0.0324. The molecule has 1 aliphatic rings. The van der Waals surface area contributed by atoms with Gasteiger partial charge in [-0.15, -0.1) is 0 Å². The van der Waals surface area contributed by atoms with Crippen LogP contribution >= 0.6 is 23.2 Å². The van der Waals surface area contributed by atoms with Crippen LogP contribution in [0.2, 0.25) is 10.0 Å². The van der Waals surface area contributed by atoms with Crippen LogP contribution in [-0.4, -0.2) is 23.5 Å². The molecule has 18 heavy (non-hydrogen) atoms. The maximum Gasteiger partial charge on any atom is 0.322 e. The van der Waals surface area contributed by atoms with Crippen molar-refractivity contribution in [1.29, 1.82) is 0 Å². The van der Waals surface area contributed by atoms with Gasteiger partial charge in [0.2, 0.25) is 5.91 Å². The van der Waals surface area contributed by atoms with Crippen molar-refractivity contribution in [2.24, 2.45) is 5.92 Å². The number of carbonyl (C=O) groups is 2. The number of carboxylic acid groups (broad SMARTS) is 1. The van der Waals surface area contributed by atoms with Gasteiger partial charge in [0.1, 0.15) is 6.54 Å².